The number of carbonyl (C=O) groups is 1. The van der Waals surface area contributed by atoms with Crippen LogP contribution in [0.15, 0.2) is 42.5 Å². The van der Waals surface area contributed by atoms with Gasteiger partial charge in [0.05, 0.1) is 26.7 Å². The van der Waals surface area contributed by atoms with Gasteiger partial charge >= 0.3 is 0 Å². The van der Waals surface area contributed by atoms with Crippen molar-refractivity contribution in [2.24, 2.45) is 0 Å². The second kappa shape index (κ2) is 8.31. The Morgan fingerprint density at radius 1 is 1.17 bits per heavy atom. The maximum atomic E-state index is 12.9. The van der Waals surface area contributed by atoms with E-state index in [-0.39, 0.29) is 24.7 Å². The van der Waals surface area contributed by atoms with Crippen LogP contribution < -0.4 is 14.8 Å². The molecule has 128 valence electrons. The van der Waals surface area contributed by atoms with Crippen molar-refractivity contribution >= 4 is 5.91 Å². The standard InChI is InChI=1S/C18H20FNO4/c1-23-15-7-8-17(24-2)13(9-15)10-18(22)20-11-16(21)12-3-5-14(19)6-4-12/h3-9,16,21H,10-11H2,1-2H3,(H,20,22). The number of amides is 1. The van der Waals surface area contributed by atoms with E-state index < -0.39 is 6.10 Å². The van der Waals surface area contributed by atoms with Gasteiger partial charge in [0.1, 0.15) is 17.3 Å². The van der Waals surface area contributed by atoms with Crippen molar-refractivity contribution in [1.82, 2.24) is 5.32 Å². The molecule has 0 saturated heterocycles. The normalized spacial score (nSPS) is 11.7. The van der Waals surface area contributed by atoms with Crippen molar-refractivity contribution < 1.29 is 23.8 Å². The van der Waals surface area contributed by atoms with Gasteiger partial charge < -0.3 is 19.9 Å². The third kappa shape index (κ3) is 4.70. The fourth-order valence-corrected chi connectivity index (χ4v) is 2.27. The van der Waals surface area contributed by atoms with Gasteiger partial charge in [0.15, 0.2) is 0 Å². The van der Waals surface area contributed by atoms with E-state index in [1.165, 1.54) is 31.4 Å². The van der Waals surface area contributed by atoms with Crippen molar-refractivity contribution in [3.63, 3.8) is 0 Å². The molecule has 6 heteroatoms. The Bertz CT molecular complexity index is 688. The highest BCUT2D eigenvalue weighted by molar-refractivity contribution is 5.79. The van der Waals surface area contributed by atoms with Gasteiger partial charge in [-0.1, -0.05) is 12.1 Å². The topological polar surface area (TPSA) is 67.8 Å². The molecule has 0 aromatic heterocycles. The molecular weight excluding hydrogens is 313 g/mol. The van der Waals surface area contributed by atoms with E-state index >= 15 is 0 Å². The molecule has 0 radical (unpaired) electrons. The van der Waals surface area contributed by atoms with Gasteiger partial charge in [0, 0.05) is 12.1 Å². The smallest absolute Gasteiger partial charge is 0.224 e. The number of halogens is 1. The van der Waals surface area contributed by atoms with Crippen molar-refractivity contribution in [2.75, 3.05) is 20.8 Å². The first-order valence-corrected chi connectivity index (χ1v) is 7.44. The lowest BCUT2D eigenvalue weighted by Crippen LogP contribution is -2.29. The summed E-state index contributed by atoms with van der Waals surface area (Å²) in [4.78, 5) is 12.1. The van der Waals surface area contributed by atoms with Crippen LogP contribution in [0.1, 0.15) is 17.2 Å². The van der Waals surface area contributed by atoms with Crippen molar-refractivity contribution in [2.45, 2.75) is 12.5 Å². The Balaban J connectivity index is 1.94. The Hall–Kier alpha value is -2.60. The predicted molar refractivity (Wildman–Crippen MR) is 87.6 cm³/mol. The molecule has 0 fully saturated rings. The Labute approximate surface area is 140 Å². The molecule has 0 saturated carbocycles. The summed E-state index contributed by atoms with van der Waals surface area (Å²) in [6.45, 7) is 0.0384. The van der Waals surface area contributed by atoms with Crippen LogP contribution in [0.4, 0.5) is 4.39 Å². The minimum atomic E-state index is -0.901. The molecule has 1 unspecified atom stereocenters. The monoisotopic (exact) mass is 333 g/mol. The fourth-order valence-electron chi connectivity index (χ4n) is 2.27. The van der Waals surface area contributed by atoms with Crippen LogP contribution in [0.2, 0.25) is 0 Å². The third-order valence-corrected chi connectivity index (χ3v) is 3.59. The molecule has 1 atom stereocenters. The van der Waals surface area contributed by atoms with Crippen LogP contribution >= 0.6 is 0 Å². The average Bonchev–Trinajstić information content (AvgIpc) is 2.60. The van der Waals surface area contributed by atoms with E-state index in [2.05, 4.69) is 5.32 Å². The number of aliphatic hydroxyl groups excluding tert-OH is 1. The third-order valence-electron chi connectivity index (χ3n) is 3.59. The highest BCUT2D eigenvalue weighted by atomic mass is 19.1. The molecule has 2 N–H and O–H groups in total. The number of benzene rings is 2. The molecule has 0 bridgehead atoms. The SMILES string of the molecule is COc1ccc(OC)c(CC(=O)NCC(O)c2ccc(F)cc2)c1. The molecule has 0 spiro atoms. The van der Waals surface area contributed by atoms with Gasteiger partial charge in [0.2, 0.25) is 5.91 Å². The summed E-state index contributed by atoms with van der Waals surface area (Å²) in [5, 5.41) is 12.7. The lowest BCUT2D eigenvalue weighted by molar-refractivity contribution is -0.120. The summed E-state index contributed by atoms with van der Waals surface area (Å²) < 4.78 is 23.2. The summed E-state index contributed by atoms with van der Waals surface area (Å²) in [6, 6.07) is 10.7. The minimum absolute atomic E-state index is 0.0384. The molecule has 1 amide bonds. The van der Waals surface area contributed by atoms with Crippen LogP contribution in [0, 0.1) is 5.82 Å². The van der Waals surface area contributed by atoms with Gasteiger partial charge in [-0.3, -0.25) is 4.79 Å². The van der Waals surface area contributed by atoms with Crippen molar-refractivity contribution in [3.05, 3.63) is 59.4 Å². The maximum Gasteiger partial charge on any atom is 0.224 e. The number of rotatable bonds is 7. The van der Waals surface area contributed by atoms with Gasteiger partial charge in [-0.15, -0.1) is 0 Å². The second-order valence-corrected chi connectivity index (χ2v) is 5.23. The predicted octanol–water partition coefficient (Wildman–Crippen LogP) is 2.24. The average molecular weight is 333 g/mol. The first-order chi connectivity index (χ1) is 11.5. The summed E-state index contributed by atoms with van der Waals surface area (Å²) in [5.74, 6) is 0.581. The molecule has 0 aliphatic carbocycles. The van der Waals surface area contributed by atoms with E-state index in [1.807, 2.05) is 0 Å². The number of ether oxygens (including phenoxy) is 2. The molecule has 24 heavy (non-hydrogen) atoms. The zero-order valence-corrected chi connectivity index (χ0v) is 13.6. The van der Waals surface area contributed by atoms with Crippen LogP contribution in [0.25, 0.3) is 0 Å². The number of hydrogen-bond acceptors (Lipinski definition) is 4. The number of nitrogens with one attached hydrogen (secondary N) is 1. The number of carbonyl (C=O) groups excluding carboxylic acids is 1. The van der Waals surface area contributed by atoms with E-state index in [4.69, 9.17) is 9.47 Å². The first kappa shape index (κ1) is 17.7. The molecule has 2 aromatic carbocycles. The summed E-state index contributed by atoms with van der Waals surface area (Å²) in [7, 11) is 3.08. The van der Waals surface area contributed by atoms with Crippen LogP contribution in [-0.2, 0) is 11.2 Å². The van der Waals surface area contributed by atoms with Gasteiger partial charge in [-0.25, -0.2) is 4.39 Å². The number of hydrogen-bond donors (Lipinski definition) is 2. The molecule has 0 aliphatic rings. The van der Waals surface area contributed by atoms with Crippen LogP contribution in [-0.4, -0.2) is 31.8 Å². The Kier molecular flexibility index (Phi) is 6.14. The summed E-state index contributed by atoms with van der Waals surface area (Å²) in [6.07, 6.45) is -0.807. The van der Waals surface area contributed by atoms with Gasteiger partial charge in [-0.2, -0.15) is 0 Å². The molecule has 2 aromatic rings. The molecule has 2 rings (SSSR count). The lowest BCUT2D eigenvalue weighted by Gasteiger charge is -2.14. The Morgan fingerprint density at radius 3 is 2.50 bits per heavy atom. The van der Waals surface area contributed by atoms with E-state index in [0.717, 1.165) is 0 Å². The molecule has 0 heterocycles. The van der Waals surface area contributed by atoms with Gasteiger partial charge in [0.25, 0.3) is 0 Å². The zero-order valence-electron chi connectivity index (χ0n) is 13.6. The number of methoxy groups -OCH3 is 2. The molecular formula is C18H20FNO4. The van der Waals surface area contributed by atoms with Crippen molar-refractivity contribution in [3.8, 4) is 11.5 Å². The van der Waals surface area contributed by atoms with E-state index in [1.54, 1.807) is 25.3 Å². The van der Waals surface area contributed by atoms with Crippen molar-refractivity contribution in [1.29, 1.82) is 0 Å². The number of aliphatic hydroxyl groups is 1. The highest BCUT2D eigenvalue weighted by Gasteiger charge is 2.13. The largest absolute Gasteiger partial charge is 0.497 e. The van der Waals surface area contributed by atoms with E-state index in [9.17, 15) is 14.3 Å². The zero-order chi connectivity index (χ0) is 17.5. The lowest BCUT2D eigenvalue weighted by atomic mass is 10.1. The quantitative estimate of drug-likeness (QED) is 0.815. The van der Waals surface area contributed by atoms with Crippen LogP contribution in [0.3, 0.4) is 0 Å². The maximum absolute atomic E-state index is 12.9. The van der Waals surface area contributed by atoms with E-state index in [0.29, 0.717) is 22.6 Å². The van der Waals surface area contributed by atoms with Gasteiger partial charge in [-0.05, 0) is 35.9 Å². The first-order valence-electron chi connectivity index (χ1n) is 7.44. The Morgan fingerprint density at radius 2 is 1.88 bits per heavy atom. The van der Waals surface area contributed by atoms with Crippen LogP contribution in [0.5, 0.6) is 11.5 Å². The highest BCUT2D eigenvalue weighted by Crippen LogP contribution is 2.24. The minimum Gasteiger partial charge on any atom is -0.497 e. The fraction of sp³-hybridized carbons (Fsp3) is 0.278. The molecule has 5 nitrogen and oxygen atoms in total. The second-order valence-electron chi connectivity index (χ2n) is 5.23. The summed E-state index contributed by atoms with van der Waals surface area (Å²) >= 11 is 0. The molecule has 0 aliphatic heterocycles. The summed E-state index contributed by atoms with van der Waals surface area (Å²) in [5.41, 5.74) is 1.22.